The maximum absolute atomic E-state index is 13.9. The van der Waals surface area contributed by atoms with Gasteiger partial charge in [-0.3, -0.25) is 4.90 Å². The fraction of sp³-hybridized carbons (Fsp3) is 0.750. The summed E-state index contributed by atoms with van der Waals surface area (Å²) in [5, 5.41) is 0. The van der Waals surface area contributed by atoms with Crippen molar-refractivity contribution in [3.63, 3.8) is 0 Å². The molecule has 1 saturated heterocycles. The predicted octanol–water partition coefficient (Wildman–Crippen LogP) is 2.23. The number of aryl methyl sites for hydroxylation is 1. The summed E-state index contributed by atoms with van der Waals surface area (Å²) in [5.41, 5.74) is -1.03. The van der Waals surface area contributed by atoms with Gasteiger partial charge in [-0.25, -0.2) is 9.37 Å². The Bertz CT molecular complexity index is 346. The van der Waals surface area contributed by atoms with Gasteiger partial charge in [-0.1, -0.05) is 0 Å². The maximum atomic E-state index is 13.9. The van der Waals surface area contributed by atoms with Crippen molar-refractivity contribution in [2.45, 2.75) is 45.4 Å². The van der Waals surface area contributed by atoms with Gasteiger partial charge >= 0.3 is 0 Å². The number of nitrogens with zero attached hydrogens (tertiary/aromatic N) is 3. The van der Waals surface area contributed by atoms with E-state index in [9.17, 15) is 4.39 Å². The molecule has 16 heavy (non-hydrogen) atoms. The van der Waals surface area contributed by atoms with Gasteiger partial charge in [0.2, 0.25) is 0 Å². The van der Waals surface area contributed by atoms with Crippen molar-refractivity contribution in [1.29, 1.82) is 0 Å². The van der Waals surface area contributed by atoms with Crippen molar-refractivity contribution in [3.8, 4) is 0 Å². The molecule has 1 aliphatic heterocycles. The van der Waals surface area contributed by atoms with Crippen LogP contribution in [0, 0.1) is 0 Å². The van der Waals surface area contributed by atoms with E-state index in [1.54, 1.807) is 6.92 Å². The van der Waals surface area contributed by atoms with Crippen LogP contribution in [0.4, 0.5) is 4.39 Å². The highest BCUT2D eigenvalue weighted by molar-refractivity contribution is 4.94. The molecule has 0 bridgehead atoms. The van der Waals surface area contributed by atoms with Gasteiger partial charge in [0.05, 0.1) is 6.54 Å². The van der Waals surface area contributed by atoms with Crippen molar-refractivity contribution in [2.24, 2.45) is 0 Å². The molecule has 90 valence electrons. The van der Waals surface area contributed by atoms with Gasteiger partial charge in [-0.15, -0.1) is 0 Å². The van der Waals surface area contributed by atoms with Crippen LogP contribution in [-0.4, -0.2) is 33.2 Å². The van der Waals surface area contributed by atoms with Crippen LogP contribution in [0.25, 0.3) is 0 Å². The summed E-state index contributed by atoms with van der Waals surface area (Å²) >= 11 is 0. The number of aromatic nitrogens is 2. The summed E-state index contributed by atoms with van der Waals surface area (Å²) in [4.78, 5) is 6.49. The second-order valence-corrected chi connectivity index (χ2v) is 4.86. The molecule has 0 spiro atoms. The number of halogens is 1. The molecule has 2 rings (SSSR count). The van der Waals surface area contributed by atoms with Crippen LogP contribution in [0.3, 0.4) is 0 Å². The summed E-state index contributed by atoms with van der Waals surface area (Å²) in [6.45, 7) is 7.00. The molecule has 1 aromatic rings. The van der Waals surface area contributed by atoms with Crippen LogP contribution in [-0.2, 0) is 13.1 Å². The molecule has 1 fully saturated rings. The van der Waals surface area contributed by atoms with E-state index in [2.05, 4.69) is 21.4 Å². The van der Waals surface area contributed by atoms with Gasteiger partial charge in [-0.2, -0.15) is 0 Å². The molecule has 0 saturated carbocycles. The fourth-order valence-electron chi connectivity index (χ4n) is 2.41. The van der Waals surface area contributed by atoms with E-state index in [0.29, 0.717) is 13.0 Å². The Morgan fingerprint density at radius 3 is 3.06 bits per heavy atom. The van der Waals surface area contributed by atoms with Crippen molar-refractivity contribution in [3.05, 3.63) is 18.2 Å². The highest BCUT2D eigenvalue weighted by Gasteiger charge is 2.30. The Hall–Kier alpha value is -0.900. The first-order chi connectivity index (χ1) is 7.61. The number of rotatable bonds is 3. The van der Waals surface area contributed by atoms with E-state index in [1.807, 2.05) is 12.4 Å². The Morgan fingerprint density at radius 2 is 2.38 bits per heavy atom. The van der Waals surface area contributed by atoms with E-state index >= 15 is 0 Å². The molecule has 1 aliphatic rings. The fourth-order valence-corrected chi connectivity index (χ4v) is 2.41. The zero-order valence-corrected chi connectivity index (χ0v) is 10.1. The SMILES string of the molecule is CCn1ccnc1CN1CCC[C@](C)(F)C1. The second-order valence-electron chi connectivity index (χ2n) is 4.86. The molecule has 2 heterocycles. The van der Waals surface area contributed by atoms with Crippen LogP contribution in [0.2, 0.25) is 0 Å². The average molecular weight is 225 g/mol. The monoisotopic (exact) mass is 225 g/mol. The van der Waals surface area contributed by atoms with Gasteiger partial charge in [0.1, 0.15) is 11.5 Å². The molecule has 0 unspecified atom stereocenters. The van der Waals surface area contributed by atoms with Crippen molar-refractivity contribution in [2.75, 3.05) is 13.1 Å². The van der Waals surface area contributed by atoms with E-state index < -0.39 is 5.67 Å². The third kappa shape index (κ3) is 2.61. The second kappa shape index (κ2) is 4.53. The molecule has 1 aromatic heterocycles. The number of hydrogen-bond acceptors (Lipinski definition) is 2. The summed E-state index contributed by atoms with van der Waals surface area (Å²) in [6, 6.07) is 0. The predicted molar refractivity (Wildman–Crippen MR) is 61.9 cm³/mol. The highest BCUT2D eigenvalue weighted by atomic mass is 19.1. The smallest absolute Gasteiger partial charge is 0.122 e. The lowest BCUT2D eigenvalue weighted by Gasteiger charge is -2.34. The minimum absolute atomic E-state index is 0.531. The van der Waals surface area contributed by atoms with Gasteiger partial charge in [0.15, 0.2) is 0 Å². The highest BCUT2D eigenvalue weighted by Crippen LogP contribution is 2.25. The first-order valence-corrected chi connectivity index (χ1v) is 6.02. The van der Waals surface area contributed by atoms with E-state index in [-0.39, 0.29) is 0 Å². The van der Waals surface area contributed by atoms with E-state index in [1.165, 1.54) is 0 Å². The first kappa shape index (κ1) is 11.6. The van der Waals surface area contributed by atoms with Gasteiger partial charge < -0.3 is 4.57 Å². The first-order valence-electron chi connectivity index (χ1n) is 6.02. The molecule has 0 amide bonds. The van der Waals surface area contributed by atoms with E-state index in [4.69, 9.17) is 0 Å². The normalized spacial score (nSPS) is 27.2. The van der Waals surface area contributed by atoms with Crippen molar-refractivity contribution in [1.82, 2.24) is 14.5 Å². The van der Waals surface area contributed by atoms with Crippen LogP contribution < -0.4 is 0 Å². The molecular formula is C12H20FN3. The third-order valence-electron chi connectivity index (χ3n) is 3.23. The summed E-state index contributed by atoms with van der Waals surface area (Å²) < 4.78 is 16.0. The Balaban J connectivity index is 1.99. The largest absolute Gasteiger partial charge is 0.334 e. The summed E-state index contributed by atoms with van der Waals surface area (Å²) in [5.74, 6) is 1.04. The number of alkyl halides is 1. The Labute approximate surface area is 96.3 Å². The topological polar surface area (TPSA) is 21.1 Å². The van der Waals surface area contributed by atoms with Crippen LogP contribution >= 0.6 is 0 Å². The minimum Gasteiger partial charge on any atom is -0.334 e. The standard InChI is InChI=1S/C12H20FN3/c1-3-16-8-6-14-11(16)9-15-7-4-5-12(2,13)10-15/h6,8H,3-5,7,9-10H2,1-2H3/t12-/m0/s1. The van der Waals surface area contributed by atoms with Crippen molar-refractivity contribution < 1.29 is 4.39 Å². The number of piperidine rings is 1. The van der Waals surface area contributed by atoms with Gasteiger partial charge in [0.25, 0.3) is 0 Å². The number of imidazole rings is 1. The quantitative estimate of drug-likeness (QED) is 0.786. The molecule has 4 heteroatoms. The lowest BCUT2D eigenvalue weighted by molar-refractivity contribution is 0.0543. The zero-order chi connectivity index (χ0) is 11.6. The molecule has 0 aliphatic carbocycles. The average Bonchev–Trinajstić information content (AvgIpc) is 2.63. The van der Waals surface area contributed by atoms with Crippen LogP contribution in [0.15, 0.2) is 12.4 Å². The lowest BCUT2D eigenvalue weighted by atomic mass is 9.97. The third-order valence-corrected chi connectivity index (χ3v) is 3.23. The van der Waals surface area contributed by atoms with Gasteiger partial charge in [-0.05, 0) is 33.2 Å². The Morgan fingerprint density at radius 1 is 1.56 bits per heavy atom. The molecule has 0 N–H and O–H groups in total. The minimum atomic E-state index is -1.03. The summed E-state index contributed by atoms with van der Waals surface area (Å²) in [6.07, 6.45) is 5.43. The lowest BCUT2D eigenvalue weighted by Crippen LogP contribution is -2.43. The molecule has 0 radical (unpaired) electrons. The van der Waals surface area contributed by atoms with Crippen LogP contribution in [0.5, 0.6) is 0 Å². The van der Waals surface area contributed by atoms with Gasteiger partial charge in [0, 0.05) is 25.5 Å². The number of likely N-dealkylation sites (tertiary alicyclic amines) is 1. The molecule has 0 aromatic carbocycles. The molecular weight excluding hydrogens is 205 g/mol. The van der Waals surface area contributed by atoms with Crippen LogP contribution in [0.1, 0.15) is 32.5 Å². The summed E-state index contributed by atoms with van der Waals surface area (Å²) in [7, 11) is 0. The van der Waals surface area contributed by atoms with Crippen molar-refractivity contribution >= 4 is 0 Å². The maximum Gasteiger partial charge on any atom is 0.122 e. The number of hydrogen-bond donors (Lipinski definition) is 0. The molecule has 3 nitrogen and oxygen atoms in total. The molecule has 1 atom stereocenters. The Kier molecular flexibility index (Phi) is 3.28. The van der Waals surface area contributed by atoms with E-state index in [0.717, 1.165) is 31.9 Å². The zero-order valence-electron chi connectivity index (χ0n) is 10.1.